The predicted octanol–water partition coefficient (Wildman–Crippen LogP) is 5.07. The topological polar surface area (TPSA) is 48.9 Å². The number of hydrogen-bond acceptors (Lipinski definition) is 5. The van der Waals surface area contributed by atoms with Gasteiger partial charge in [-0.3, -0.25) is 9.89 Å². The normalized spacial score (nSPS) is 16.4. The number of nitrogens with one attached hydrogen (secondary N) is 2. The Kier molecular flexibility index (Phi) is 9.47. The molecule has 0 aromatic heterocycles. The second kappa shape index (κ2) is 12.5. The molecule has 1 aliphatic heterocycles. The van der Waals surface area contributed by atoms with E-state index in [1.165, 1.54) is 22.3 Å². The molecular weight excluding hydrogens is 396 g/mol. The van der Waals surface area contributed by atoms with Gasteiger partial charge in [0, 0.05) is 43.8 Å². The second-order valence-corrected chi connectivity index (χ2v) is 8.29. The first-order chi connectivity index (χ1) is 15.6. The highest BCUT2D eigenvalue weighted by atomic mass is 16.5. The van der Waals surface area contributed by atoms with E-state index in [-0.39, 0.29) is 5.92 Å². The zero-order valence-electron chi connectivity index (χ0n) is 20.0. The molecule has 1 unspecified atom stereocenters. The maximum absolute atomic E-state index is 5.42. The fourth-order valence-electron chi connectivity index (χ4n) is 4.11. The van der Waals surface area contributed by atoms with Crippen LogP contribution >= 0.6 is 0 Å². The van der Waals surface area contributed by atoms with Crippen LogP contribution in [0, 0.1) is 13.8 Å². The third-order valence-electron chi connectivity index (χ3n) is 6.08. The molecule has 1 saturated heterocycles. The summed E-state index contributed by atoms with van der Waals surface area (Å²) in [4.78, 5) is 7.25. The Hall–Kier alpha value is -2.47. The summed E-state index contributed by atoms with van der Waals surface area (Å²) in [5.74, 6) is 0.0952. The van der Waals surface area contributed by atoms with Crippen molar-refractivity contribution in [3.63, 3.8) is 0 Å². The van der Waals surface area contributed by atoms with E-state index in [4.69, 9.17) is 9.73 Å². The summed E-state index contributed by atoms with van der Waals surface area (Å²) in [6, 6.07) is 15.2. The lowest BCUT2D eigenvalue weighted by atomic mass is 9.84. The minimum Gasteiger partial charge on any atom is -0.379 e. The molecule has 1 atom stereocenters. The number of anilines is 1. The average Bonchev–Trinajstić information content (AvgIpc) is 2.82. The van der Waals surface area contributed by atoms with Crippen molar-refractivity contribution in [2.75, 3.05) is 44.8 Å². The Morgan fingerprint density at radius 1 is 1.16 bits per heavy atom. The molecule has 2 aromatic carbocycles. The molecule has 0 radical (unpaired) electrons. The van der Waals surface area contributed by atoms with Gasteiger partial charge in [-0.25, -0.2) is 5.43 Å². The smallest absolute Gasteiger partial charge is 0.0594 e. The van der Waals surface area contributed by atoms with Crippen LogP contribution in [0.15, 0.2) is 59.2 Å². The van der Waals surface area contributed by atoms with Gasteiger partial charge in [-0.05, 0) is 61.6 Å². The third kappa shape index (κ3) is 6.52. The van der Waals surface area contributed by atoms with Gasteiger partial charge in [0.25, 0.3) is 0 Å². The Labute approximate surface area is 193 Å². The second-order valence-electron chi connectivity index (χ2n) is 8.29. The first-order valence-corrected chi connectivity index (χ1v) is 11.8. The van der Waals surface area contributed by atoms with Gasteiger partial charge >= 0.3 is 0 Å². The highest BCUT2D eigenvalue weighted by molar-refractivity contribution is 5.60. The fourth-order valence-corrected chi connectivity index (χ4v) is 4.11. The standard InChI is InChI=1S/C27H38N4O/c1-5-13-28-26(6-2)27(25-12-7-9-21(3)22(25)4)23-10-8-11-24(20-23)30-29-14-15-31-16-18-32-19-17-31/h6-13,20,27,29-30H,5,14-19H2,1-4H3/b26-6-,28-13?. The molecule has 1 heterocycles. The fraction of sp³-hybridized carbons (Fsp3) is 0.444. The van der Waals surface area contributed by atoms with Gasteiger partial charge < -0.3 is 10.2 Å². The third-order valence-corrected chi connectivity index (χ3v) is 6.08. The lowest BCUT2D eigenvalue weighted by molar-refractivity contribution is 0.0386. The molecule has 2 N–H and O–H groups in total. The minimum absolute atomic E-state index is 0.0952. The summed E-state index contributed by atoms with van der Waals surface area (Å²) >= 11 is 0. The van der Waals surface area contributed by atoms with E-state index in [0.29, 0.717) is 0 Å². The molecular formula is C27H38N4O. The van der Waals surface area contributed by atoms with Crippen molar-refractivity contribution in [3.8, 4) is 0 Å². The number of allylic oxidation sites excluding steroid dienone is 2. The number of morpholine rings is 1. The SMILES string of the molecule is C/C=C(\N=CCC)C(c1cccc(NNCCN2CCOCC2)c1)c1cccc(C)c1C. The molecule has 172 valence electrons. The van der Waals surface area contributed by atoms with Crippen LogP contribution in [-0.4, -0.2) is 50.5 Å². The summed E-state index contributed by atoms with van der Waals surface area (Å²) in [6.45, 7) is 14.2. The number of hydrazine groups is 1. The Morgan fingerprint density at radius 2 is 1.94 bits per heavy atom. The van der Waals surface area contributed by atoms with E-state index in [0.717, 1.165) is 57.2 Å². The maximum atomic E-state index is 5.42. The monoisotopic (exact) mass is 434 g/mol. The summed E-state index contributed by atoms with van der Waals surface area (Å²) < 4.78 is 5.42. The largest absolute Gasteiger partial charge is 0.379 e. The molecule has 5 heteroatoms. The quantitative estimate of drug-likeness (QED) is 0.311. The molecule has 32 heavy (non-hydrogen) atoms. The Bertz CT molecular complexity index is 916. The molecule has 3 rings (SSSR count). The van der Waals surface area contributed by atoms with Crippen molar-refractivity contribution in [2.24, 2.45) is 4.99 Å². The van der Waals surface area contributed by atoms with Crippen LogP contribution in [0.4, 0.5) is 5.69 Å². The molecule has 0 amide bonds. The number of benzene rings is 2. The van der Waals surface area contributed by atoms with Crippen LogP contribution in [-0.2, 0) is 4.74 Å². The van der Waals surface area contributed by atoms with Crippen molar-refractivity contribution in [1.82, 2.24) is 10.3 Å². The van der Waals surface area contributed by atoms with Gasteiger partial charge in [-0.15, -0.1) is 0 Å². The van der Waals surface area contributed by atoms with E-state index in [9.17, 15) is 0 Å². The summed E-state index contributed by atoms with van der Waals surface area (Å²) in [5, 5.41) is 0. The lowest BCUT2D eigenvalue weighted by Gasteiger charge is -2.26. The zero-order chi connectivity index (χ0) is 22.8. The zero-order valence-corrected chi connectivity index (χ0v) is 20.0. The lowest BCUT2D eigenvalue weighted by Crippen LogP contribution is -2.41. The van der Waals surface area contributed by atoms with Crippen LogP contribution in [0.2, 0.25) is 0 Å². The van der Waals surface area contributed by atoms with Crippen molar-refractivity contribution in [1.29, 1.82) is 0 Å². The van der Waals surface area contributed by atoms with Gasteiger partial charge in [0.15, 0.2) is 0 Å². The number of nitrogens with zero attached hydrogens (tertiary/aromatic N) is 2. The summed E-state index contributed by atoms with van der Waals surface area (Å²) in [5.41, 5.74) is 14.1. The van der Waals surface area contributed by atoms with E-state index in [1.807, 2.05) is 6.21 Å². The first kappa shape index (κ1) is 24.2. The van der Waals surface area contributed by atoms with Crippen LogP contribution in [0.5, 0.6) is 0 Å². The van der Waals surface area contributed by atoms with Gasteiger partial charge in [-0.2, -0.15) is 0 Å². The van der Waals surface area contributed by atoms with Crippen molar-refractivity contribution in [3.05, 3.63) is 76.5 Å². The van der Waals surface area contributed by atoms with Gasteiger partial charge in [0.1, 0.15) is 0 Å². The van der Waals surface area contributed by atoms with E-state index >= 15 is 0 Å². The molecule has 1 aliphatic rings. The van der Waals surface area contributed by atoms with Gasteiger partial charge in [0.05, 0.1) is 19.1 Å². The van der Waals surface area contributed by atoms with Crippen molar-refractivity contribution in [2.45, 2.75) is 40.0 Å². The molecule has 0 spiro atoms. The van der Waals surface area contributed by atoms with E-state index in [1.54, 1.807) is 0 Å². The number of ether oxygens (including phenoxy) is 1. The predicted molar refractivity (Wildman–Crippen MR) is 136 cm³/mol. The van der Waals surface area contributed by atoms with E-state index < -0.39 is 0 Å². The Morgan fingerprint density at radius 3 is 2.69 bits per heavy atom. The Balaban J connectivity index is 1.79. The van der Waals surface area contributed by atoms with Crippen LogP contribution < -0.4 is 10.9 Å². The number of aryl methyl sites for hydroxylation is 1. The molecule has 1 fully saturated rings. The van der Waals surface area contributed by atoms with E-state index in [2.05, 4.69) is 92.0 Å². The van der Waals surface area contributed by atoms with Crippen molar-refractivity contribution < 1.29 is 4.74 Å². The molecule has 5 nitrogen and oxygen atoms in total. The average molecular weight is 435 g/mol. The molecule has 0 bridgehead atoms. The summed E-state index contributed by atoms with van der Waals surface area (Å²) in [7, 11) is 0. The first-order valence-electron chi connectivity index (χ1n) is 11.8. The number of rotatable bonds is 10. The minimum atomic E-state index is 0.0952. The summed E-state index contributed by atoms with van der Waals surface area (Å²) in [6.07, 6.45) is 5.06. The highest BCUT2D eigenvalue weighted by Crippen LogP contribution is 2.36. The number of hydrogen-bond donors (Lipinski definition) is 2. The molecule has 2 aromatic rings. The van der Waals surface area contributed by atoms with Crippen LogP contribution in [0.3, 0.4) is 0 Å². The molecule has 0 saturated carbocycles. The molecule has 0 aliphatic carbocycles. The van der Waals surface area contributed by atoms with Crippen LogP contribution in [0.25, 0.3) is 0 Å². The van der Waals surface area contributed by atoms with Gasteiger partial charge in [-0.1, -0.05) is 43.3 Å². The van der Waals surface area contributed by atoms with Crippen LogP contribution in [0.1, 0.15) is 48.4 Å². The maximum Gasteiger partial charge on any atom is 0.0594 e. The van der Waals surface area contributed by atoms with Crippen molar-refractivity contribution >= 4 is 11.9 Å². The highest BCUT2D eigenvalue weighted by Gasteiger charge is 2.21. The van der Waals surface area contributed by atoms with Gasteiger partial charge in [0.2, 0.25) is 0 Å². The number of aliphatic imine (C=N–C) groups is 1.